The number of hydrogen-bond donors (Lipinski definition) is 2. The number of rotatable bonds is 5. The zero-order valence-electron chi connectivity index (χ0n) is 22.7. The highest BCUT2D eigenvalue weighted by molar-refractivity contribution is 6.35. The van der Waals surface area contributed by atoms with E-state index in [0.717, 1.165) is 30.3 Å². The van der Waals surface area contributed by atoms with Gasteiger partial charge in [0.25, 0.3) is 5.56 Å². The summed E-state index contributed by atoms with van der Waals surface area (Å²) in [5.41, 5.74) is 2.27. The number of nitrogens with zero attached hydrogens (tertiary/aromatic N) is 4. The number of alkyl halides is 1. The maximum atomic E-state index is 13.2. The number of aryl methyl sites for hydroxylation is 2. The Morgan fingerprint density at radius 3 is 2.55 bits per heavy atom. The van der Waals surface area contributed by atoms with E-state index in [1.165, 1.54) is 0 Å². The molecule has 2 aromatic carbocycles. The fraction of sp³-hybridized carbons (Fsp3) is 0.367. The first-order chi connectivity index (χ1) is 19.1. The third kappa shape index (κ3) is 6.89. The van der Waals surface area contributed by atoms with E-state index in [4.69, 9.17) is 39.8 Å². The molecule has 3 aromatic rings. The van der Waals surface area contributed by atoms with Crippen molar-refractivity contribution in [2.24, 2.45) is 4.99 Å². The third-order valence-corrected chi connectivity index (χ3v) is 7.92. The van der Waals surface area contributed by atoms with Crippen LogP contribution in [0.4, 0.5) is 5.69 Å². The molecule has 0 radical (unpaired) electrons. The molecule has 2 aliphatic rings. The van der Waals surface area contributed by atoms with E-state index >= 15 is 0 Å². The third-order valence-electron chi connectivity index (χ3n) is 7.09. The molecule has 7 nitrogen and oxygen atoms in total. The molecule has 1 aliphatic carbocycles. The van der Waals surface area contributed by atoms with Crippen molar-refractivity contribution in [1.29, 1.82) is 0 Å². The zero-order chi connectivity index (χ0) is 28.4. The lowest BCUT2D eigenvalue weighted by atomic mass is 10.0. The normalized spacial score (nSPS) is 25.0. The number of nitrogens with one attached hydrogen (secondary N) is 2. The average molecular weight is 600 g/mol. The van der Waals surface area contributed by atoms with Gasteiger partial charge in [0.05, 0.1) is 28.1 Å². The smallest absolute Gasteiger partial charge is 0.261 e. The van der Waals surface area contributed by atoms with Crippen LogP contribution in [-0.4, -0.2) is 56.5 Å². The predicted octanol–water partition coefficient (Wildman–Crippen LogP) is 5.89. The van der Waals surface area contributed by atoms with Crippen molar-refractivity contribution in [3.63, 3.8) is 0 Å². The van der Waals surface area contributed by atoms with Crippen LogP contribution in [0.2, 0.25) is 10.0 Å². The number of hydrogen-bond acceptors (Lipinski definition) is 4. The lowest BCUT2D eigenvalue weighted by Gasteiger charge is -2.38. The molecule has 0 spiro atoms. The van der Waals surface area contributed by atoms with E-state index in [-0.39, 0.29) is 11.6 Å². The minimum Gasteiger partial charge on any atom is -0.340 e. The summed E-state index contributed by atoms with van der Waals surface area (Å²) in [6.45, 7) is 8.39. The van der Waals surface area contributed by atoms with Crippen molar-refractivity contribution in [3.05, 3.63) is 93.0 Å². The largest absolute Gasteiger partial charge is 0.340 e. The van der Waals surface area contributed by atoms with Crippen LogP contribution in [0.5, 0.6) is 0 Å². The van der Waals surface area contributed by atoms with Gasteiger partial charge in [-0.25, -0.2) is 9.98 Å². The van der Waals surface area contributed by atoms with Crippen molar-refractivity contribution in [3.8, 4) is 0 Å². The molecule has 10 heteroatoms. The minimum absolute atomic E-state index is 0.0955. The van der Waals surface area contributed by atoms with Gasteiger partial charge < -0.3 is 15.5 Å². The fourth-order valence-electron chi connectivity index (χ4n) is 5.10. The lowest BCUT2D eigenvalue weighted by Crippen LogP contribution is -2.57. The number of piperazine rings is 1. The number of aromatic nitrogens is 2. The molecule has 40 heavy (non-hydrogen) atoms. The van der Waals surface area contributed by atoms with Gasteiger partial charge in [-0.05, 0) is 63.1 Å². The number of halogens is 3. The maximum absolute atomic E-state index is 13.2. The number of guanidine groups is 1. The van der Waals surface area contributed by atoms with E-state index in [1.54, 1.807) is 23.0 Å². The Morgan fingerprint density at radius 2 is 1.85 bits per heavy atom. The number of allylic oxidation sites excluding steroid dienone is 2. The molecule has 2 N–H and O–H groups in total. The Bertz CT molecular complexity index is 1520. The Morgan fingerprint density at radius 1 is 1.12 bits per heavy atom. The van der Waals surface area contributed by atoms with Crippen LogP contribution in [-0.2, 0) is 13.0 Å². The standard InChI is InChI=1S/C30H33Cl3N6O/c1-19-16-39(17-20(2)35-19)29(36-23-8-11-30(3,33)12-9-23)37-24-6-7-25-27(15-24)34-18-38(28(25)40)13-10-21-4-5-22(31)14-26(21)32/h4-9,11-12,14-15,18-20,23,35H,10,13,16-17H2,1-3H3,(H,36,37)/t19-,20+,23?,30?. The highest BCUT2D eigenvalue weighted by Gasteiger charge is 2.25. The molecule has 2 heterocycles. The summed E-state index contributed by atoms with van der Waals surface area (Å²) in [6, 6.07) is 11.5. The number of anilines is 1. The molecule has 210 valence electrons. The molecule has 0 bridgehead atoms. The fourth-order valence-corrected chi connectivity index (χ4v) is 5.75. The van der Waals surface area contributed by atoms with E-state index in [1.807, 2.05) is 55.5 Å². The summed E-state index contributed by atoms with van der Waals surface area (Å²) in [6.07, 6.45) is 10.2. The molecule has 0 unspecified atom stereocenters. The predicted molar refractivity (Wildman–Crippen MR) is 167 cm³/mol. The molecular weight excluding hydrogens is 567 g/mol. The second kappa shape index (κ2) is 12.0. The van der Waals surface area contributed by atoms with Crippen molar-refractivity contribution in [2.75, 3.05) is 18.4 Å². The average Bonchev–Trinajstić information content (AvgIpc) is 2.89. The molecule has 0 saturated carbocycles. The number of fused-ring (bicyclic) bond motifs is 1. The SMILES string of the molecule is C[C@@H]1CN(C(=NC2C=CC(C)(Cl)C=C2)Nc2ccc3c(=O)n(CCc4ccc(Cl)cc4Cl)cnc3c2)C[C@H](C)N1. The second-order valence-electron chi connectivity index (χ2n) is 10.8. The van der Waals surface area contributed by atoms with Crippen molar-refractivity contribution in [1.82, 2.24) is 19.8 Å². The van der Waals surface area contributed by atoms with Crippen molar-refractivity contribution >= 4 is 57.4 Å². The van der Waals surface area contributed by atoms with Gasteiger partial charge >= 0.3 is 0 Å². The highest BCUT2D eigenvalue weighted by Crippen LogP contribution is 2.24. The Labute approximate surface area is 249 Å². The van der Waals surface area contributed by atoms with Crippen molar-refractivity contribution < 1.29 is 0 Å². The van der Waals surface area contributed by atoms with Gasteiger partial charge in [0.1, 0.15) is 0 Å². The quantitative estimate of drug-likeness (QED) is 0.166. The van der Waals surface area contributed by atoms with Crippen LogP contribution in [0.1, 0.15) is 26.3 Å². The summed E-state index contributed by atoms with van der Waals surface area (Å²) >= 11 is 18.7. The summed E-state index contributed by atoms with van der Waals surface area (Å²) in [5.74, 6) is 0.769. The van der Waals surface area contributed by atoms with Crippen LogP contribution in [0.3, 0.4) is 0 Å². The van der Waals surface area contributed by atoms with Crippen molar-refractivity contribution in [2.45, 2.75) is 56.7 Å². The van der Waals surface area contributed by atoms with Crippen LogP contribution < -0.4 is 16.2 Å². The number of benzene rings is 2. The molecule has 1 fully saturated rings. The Balaban J connectivity index is 1.38. The zero-order valence-corrected chi connectivity index (χ0v) is 25.0. The van der Waals surface area contributed by atoms with Crippen LogP contribution in [0.25, 0.3) is 10.9 Å². The summed E-state index contributed by atoms with van der Waals surface area (Å²) in [4.78, 5) is 24.6. The van der Waals surface area contributed by atoms with Gasteiger partial charge in [-0.3, -0.25) is 9.36 Å². The lowest BCUT2D eigenvalue weighted by molar-refractivity contribution is 0.254. The van der Waals surface area contributed by atoms with Gasteiger partial charge in [-0.15, -0.1) is 11.6 Å². The molecule has 1 aliphatic heterocycles. The van der Waals surface area contributed by atoms with E-state index in [9.17, 15) is 4.79 Å². The number of aliphatic imine (C=N–C) groups is 1. The molecule has 1 saturated heterocycles. The molecular formula is C30H33Cl3N6O. The van der Waals surface area contributed by atoms with Gasteiger partial charge in [-0.1, -0.05) is 53.6 Å². The van der Waals surface area contributed by atoms with Gasteiger partial charge in [-0.2, -0.15) is 0 Å². The second-order valence-corrected chi connectivity index (χ2v) is 12.4. The van der Waals surface area contributed by atoms with E-state index in [2.05, 4.69) is 34.4 Å². The Hall–Kier alpha value is -2.84. The first kappa shape index (κ1) is 28.7. The highest BCUT2D eigenvalue weighted by atomic mass is 35.5. The molecule has 0 amide bonds. The minimum atomic E-state index is -0.490. The monoisotopic (exact) mass is 598 g/mol. The summed E-state index contributed by atoms with van der Waals surface area (Å²) in [7, 11) is 0. The summed E-state index contributed by atoms with van der Waals surface area (Å²) < 4.78 is 1.61. The molecule has 1 aromatic heterocycles. The maximum Gasteiger partial charge on any atom is 0.261 e. The van der Waals surface area contributed by atoms with E-state index in [0.29, 0.717) is 46.0 Å². The first-order valence-electron chi connectivity index (χ1n) is 13.4. The topological polar surface area (TPSA) is 74.5 Å². The van der Waals surface area contributed by atoms with Gasteiger partial charge in [0.2, 0.25) is 0 Å². The van der Waals surface area contributed by atoms with Gasteiger partial charge in [0, 0.05) is 47.5 Å². The van der Waals surface area contributed by atoms with E-state index < -0.39 is 4.87 Å². The first-order valence-corrected chi connectivity index (χ1v) is 14.6. The van der Waals surface area contributed by atoms with Crippen LogP contribution in [0.15, 0.2) is 76.8 Å². The van der Waals surface area contributed by atoms with Crippen LogP contribution >= 0.6 is 34.8 Å². The Kier molecular flexibility index (Phi) is 8.57. The molecule has 2 atom stereocenters. The summed E-state index contributed by atoms with van der Waals surface area (Å²) in [5, 5.41) is 8.82. The van der Waals surface area contributed by atoms with Crippen LogP contribution in [0, 0.1) is 0 Å². The molecule has 5 rings (SSSR count). The van der Waals surface area contributed by atoms with Gasteiger partial charge in [0.15, 0.2) is 5.96 Å².